The van der Waals surface area contributed by atoms with Crippen molar-refractivity contribution in [1.29, 1.82) is 0 Å². The molecule has 19 heavy (non-hydrogen) atoms. The Bertz CT molecular complexity index is 655. The second-order valence-electron chi connectivity index (χ2n) is 4.49. The average Bonchev–Trinajstić information content (AvgIpc) is 3.02. The third-order valence-corrected chi connectivity index (χ3v) is 2.89. The molecule has 0 amide bonds. The lowest BCUT2D eigenvalue weighted by atomic mass is 10.3. The Kier molecular flexibility index (Phi) is 3.14. The van der Waals surface area contributed by atoms with E-state index in [1.165, 1.54) is 5.56 Å². The topological polar surface area (TPSA) is 60.0 Å². The number of anilines is 1. The molecule has 98 valence electrons. The molecule has 6 heteroatoms. The summed E-state index contributed by atoms with van der Waals surface area (Å²) in [6.07, 6.45) is 6.71. The van der Waals surface area contributed by atoms with Gasteiger partial charge in [0.15, 0.2) is 5.65 Å². The molecule has 0 fully saturated rings. The van der Waals surface area contributed by atoms with E-state index in [0.29, 0.717) is 5.95 Å². The number of fused-ring (bicyclic) bond motifs is 1. The molecule has 0 aliphatic rings. The minimum atomic E-state index is 0.672. The summed E-state index contributed by atoms with van der Waals surface area (Å²) >= 11 is 0. The van der Waals surface area contributed by atoms with Crippen LogP contribution in [0.2, 0.25) is 0 Å². The first-order valence-electron chi connectivity index (χ1n) is 6.35. The number of nitrogens with one attached hydrogen (secondary N) is 1. The van der Waals surface area contributed by atoms with Crippen LogP contribution in [0, 0.1) is 6.92 Å². The minimum Gasteiger partial charge on any atom is -0.353 e. The van der Waals surface area contributed by atoms with Crippen molar-refractivity contribution in [3.63, 3.8) is 0 Å². The quantitative estimate of drug-likeness (QED) is 0.706. The van der Waals surface area contributed by atoms with Gasteiger partial charge in [0.2, 0.25) is 5.95 Å². The molecule has 1 N–H and O–H groups in total. The summed E-state index contributed by atoms with van der Waals surface area (Å²) in [5.41, 5.74) is 2.03. The maximum Gasteiger partial charge on any atom is 0.243 e. The fourth-order valence-electron chi connectivity index (χ4n) is 1.93. The van der Waals surface area contributed by atoms with Crippen molar-refractivity contribution in [2.75, 3.05) is 11.9 Å². The van der Waals surface area contributed by atoms with Gasteiger partial charge in [-0.1, -0.05) is 6.07 Å². The van der Waals surface area contributed by atoms with Crippen LogP contribution in [0.4, 0.5) is 5.95 Å². The van der Waals surface area contributed by atoms with Gasteiger partial charge in [0, 0.05) is 31.7 Å². The number of hydrogen-bond acceptors (Lipinski definition) is 4. The summed E-state index contributed by atoms with van der Waals surface area (Å²) in [5.74, 6) is 0.672. The van der Waals surface area contributed by atoms with E-state index in [0.717, 1.165) is 25.2 Å². The third-order valence-electron chi connectivity index (χ3n) is 2.89. The van der Waals surface area contributed by atoms with E-state index >= 15 is 0 Å². The summed E-state index contributed by atoms with van der Waals surface area (Å²) in [6, 6.07) is 5.93. The molecular weight excluding hydrogens is 240 g/mol. The molecule has 0 unspecified atom stereocenters. The van der Waals surface area contributed by atoms with E-state index in [2.05, 4.69) is 20.5 Å². The van der Waals surface area contributed by atoms with Crippen LogP contribution in [0.3, 0.4) is 0 Å². The van der Waals surface area contributed by atoms with Crippen molar-refractivity contribution in [3.8, 4) is 0 Å². The minimum absolute atomic E-state index is 0.672. The standard InChI is InChI=1S/C13H16N6/c1-11-4-5-12-16-13(17-19(12)10-11)14-6-2-8-18-9-3-7-15-18/h3-5,7,9-10H,2,6,8H2,1H3,(H,14,17). The fourth-order valence-corrected chi connectivity index (χ4v) is 1.93. The molecule has 0 aliphatic heterocycles. The van der Waals surface area contributed by atoms with Crippen molar-refractivity contribution in [1.82, 2.24) is 24.4 Å². The summed E-state index contributed by atoms with van der Waals surface area (Å²) in [6.45, 7) is 3.76. The highest BCUT2D eigenvalue weighted by Crippen LogP contribution is 2.06. The number of hydrogen-bond donors (Lipinski definition) is 1. The predicted molar refractivity (Wildman–Crippen MR) is 73.1 cm³/mol. The highest BCUT2D eigenvalue weighted by molar-refractivity contribution is 5.43. The Labute approximate surface area is 111 Å². The summed E-state index contributed by atoms with van der Waals surface area (Å²) in [4.78, 5) is 4.41. The zero-order valence-corrected chi connectivity index (χ0v) is 10.8. The van der Waals surface area contributed by atoms with Crippen LogP contribution in [-0.2, 0) is 6.54 Å². The first-order chi connectivity index (χ1) is 9.31. The van der Waals surface area contributed by atoms with E-state index in [4.69, 9.17) is 0 Å². The second-order valence-corrected chi connectivity index (χ2v) is 4.49. The Balaban J connectivity index is 1.56. The average molecular weight is 256 g/mol. The molecule has 3 aromatic heterocycles. The van der Waals surface area contributed by atoms with Crippen LogP contribution < -0.4 is 5.32 Å². The van der Waals surface area contributed by atoms with Gasteiger partial charge < -0.3 is 5.32 Å². The van der Waals surface area contributed by atoms with E-state index in [1.807, 2.05) is 42.2 Å². The number of nitrogens with zero attached hydrogens (tertiary/aromatic N) is 5. The van der Waals surface area contributed by atoms with Crippen LogP contribution in [0.1, 0.15) is 12.0 Å². The lowest BCUT2D eigenvalue weighted by Gasteiger charge is -2.01. The SMILES string of the molecule is Cc1ccc2nc(NCCCn3cccn3)nn2c1. The Morgan fingerprint density at radius 1 is 1.32 bits per heavy atom. The third kappa shape index (κ3) is 2.73. The molecule has 0 radical (unpaired) electrons. The first-order valence-corrected chi connectivity index (χ1v) is 6.35. The van der Waals surface area contributed by atoms with Gasteiger partial charge in [0.25, 0.3) is 0 Å². The Morgan fingerprint density at radius 3 is 3.11 bits per heavy atom. The van der Waals surface area contributed by atoms with Crippen LogP contribution in [0.15, 0.2) is 36.8 Å². The summed E-state index contributed by atoms with van der Waals surface area (Å²) in [5, 5.41) is 11.8. The molecule has 0 saturated heterocycles. The van der Waals surface area contributed by atoms with Gasteiger partial charge in [-0.15, -0.1) is 5.10 Å². The molecule has 0 aliphatic carbocycles. The van der Waals surface area contributed by atoms with Gasteiger partial charge in [-0.3, -0.25) is 4.68 Å². The van der Waals surface area contributed by atoms with Crippen molar-refractivity contribution in [3.05, 3.63) is 42.4 Å². The van der Waals surface area contributed by atoms with Crippen molar-refractivity contribution < 1.29 is 0 Å². The maximum atomic E-state index is 4.41. The van der Waals surface area contributed by atoms with Crippen LogP contribution in [0.5, 0.6) is 0 Å². The van der Waals surface area contributed by atoms with Gasteiger partial charge in [0.05, 0.1) is 0 Å². The first kappa shape index (κ1) is 11.7. The zero-order chi connectivity index (χ0) is 13.1. The fraction of sp³-hybridized carbons (Fsp3) is 0.308. The van der Waals surface area contributed by atoms with Gasteiger partial charge >= 0.3 is 0 Å². The lowest BCUT2D eigenvalue weighted by Crippen LogP contribution is -2.08. The number of aromatic nitrogens is 5. The smallest absolute Gasteiger partial charge is 0.243 e. The molecule has 6 nitrogen and oxygen atoms in total. The second kappa shape index (κ2) is 5.09. The molecule has 3 aromatic rings. The molecule has 0 bridgehead atoms. The molecule has 0 spiro atoms. The van der Waals surface area contributed by atoms with Gasteiger partial charge in [-0.05, 0) is 31.0 Å². The monoisotopic (exact) mass is 256 g/mol. The molecular formula is C13H16N6. The van der Waals surface area contributed by atoms with Crippen molar-refractivity contribution in [2.45, 2.75) is 19.9 Å². The highest BCUT2D eigenvalue weighted by Gasteiger charge is 2.02. The predicted octanol–water partition coefficient (Wildman–Crippen LogP) is 1.74. The molecule has 0 aromatic carbocycles. The van der Waals surface area contributed by atoms with E-state index in [-0.39, 0.29) is 0 Å². The number of pyridine rings is 1. The van der Waals surface area contributed by atoms with Crippen LogP contribution in [0.25, 0.3) is 5.65 Å². The summed E-state index contributed by atoms with van der Waals surface area (Å²) in [7, 11) is 0. The zero-order valence-electron chi connectivity index (χ0n) is 10.8. The van der Waals surface area contributed by atoms with Crippen molar-refractivity contribution >= 4 is 11.6 Å². The highest BCUT2D eigenvalue weighted by atomic mass is 15.3. The van der Waals surface area contributed by atoms with Crippen LogP contribution >= 0.6 is 0 Å². The van der Waals surface area contributed by atoms with Crippen LogP contribution in [-0.4, -0.2) is 30.9 Å². The molecule has 3 rings (SSSR count). The number of aryl methyl sites for hydroxylation is 2. The Hall–Kier alpha value is -2.37. The molecule has 3 heterocycles. The molecule has 0 saturated carbocycles. The van der Waals surface area contributed by atoms with E-state index < -0.39 is 0 Å². The molecule has 0 atom stereocenters. The van der Waals surface area contributed by atoms with Gasteiger partial charge in [-0.25, -0.2) is 4.52 Å². The maximum absolute atomic E-state index is 4.41. The Morgan fingerprint density at radius 2 is 2.26 bits per heavy atom. The van der Waals surface area contributed by atoms with Crippen molar-refractivity contribution in [2.24, 2.45) is 0 Å². The summed E-state index contributed by atoms with van der Waals surface area (Å²) < 4.78 is 3.72. The van der Waals surface area contributed by atoms with Gasteiger partial charge in [0.1, 0.15) is 0 Å². The lowest BCUT2D eigenvalue weighted by molar-refractivity contribution is 0.591. The van der Waals surface area contributed by atoms with E-state index in [1.54, 1.807) is 10.7 Å². The normalized spacial score (nSPS) is 11.0. The largest absolute Gasteiger partial charge is 0.353 e. The number of rotatable bonds is 5. The van der Waals surface area contributed by atoms with Gasteiger partial charge in [-0.2, -0.15) is 10.1 Å². The van der Waals surface area contributed by atoms with E-state index in [9.17, 15) is 0 Å².